The van der Waals surface area contributed by atoms with Crippen LogP contribution in [0.25, 0.3) is 0 Å². The zero-order valence-electron chi connectivity index (χ0n) is 4.96. The number of rotatable bonds is 1. The Bertz CT molecular complexity index is 122. The number of alkyl halides is 1. The topological polar surface area (TPSA) is 0 Å². The van der Waals surface area contributed by atoms with Crippen LogP contribution in [-0.4, -0.2) is 13.6 Å². The van der Waals surface area contributed by atoms with Crippen LogP contribution in [0.1, 0.15) is 0 Å². The van der Waals surface area contributed by atoms with Crippen LogP contribution in [0.15, 0.2) is 0 Å². The average Bonchev–Trinajstić information content (AvgIpc) is 1.67. The van der Waals surface area contributed by atoms with Gasteiger partial charge in [-0.3, -0.25) is 0 Å². The van der Waals surface area contributed by atoms with Crippen molar-refractivity contribution in [1.29, 1.82) is 0 Å². The van der Waals surface area contributed by atoms with Gasteiger partial charge >= 0.3 is 0 Å². The molecule has 0 amide bonds. The van der Waals surface area contributed by atoms with Gasteiger partial charge in [0.2, 0.25) is 0 Å². The fourth-order valence-corrected chi connectivity index (χ4v) is 2.87. The molecule has 0 heterocycles. The molecule has 3 heteroatoms. The van der Waals surface area contributed by atoms with Gasteiger partial charge in [-0.25, -0.2) is 0 Å². The minimum Gasteiger partial charge on any atom is -0.129 e. The Hall–Kier alpha value is 0.797. The van der Waals surface area contributed by atoms with E-state index in [2.05, 4.69) is 45.2 Å². The molecule has 0 aromatic heterocycles. The highest BCUT2D eigenvalue weighted by Crippen LogP contribution is 2.01. The lowest BCUT2D eigenvalue weighted by molar-refractivity contribution is 1.76. The SMILES string of the molecule is C[Si](C)(C#CI)CCl. The van der Waals surface area contributed by atoms with Crippen LogP contribution in [-0.2, 0) is 0 Å². The first-order chi connectivity index (χ1) is 3.62. The van der Waals surface area contributed by atoms with Crippen LogP contribution in [0.5, 0.6) is 0 Å². The van der Waals surface area contributed by atoms with Crippen molar-refractivity contribution in [1.82, 2.24) is 0 Å². The largest absolute Gasteiger partial charge is 0.147 e. The molecule has 0 saturated carbocycles. The second-order valence-electron chi connectivity index (χ2n) is 2.24. The van der Waals surface area contributed by atoms with Crippen LogP contribution < -0.4 is 0 Å². The van der Waals surface area contributed by atoms with Gasteiger partial charge in [-0.15, -0.1) is 17.1 Å². The second-order valence-corrected chi connectivity index (χ2v) is 7.86. The van der Waals surface area contributed by atoms with Gasteiger partial charge in [0.15, 0.2) is 0 Å². The minimum absolute atomic E-state index is 0.739. The monoisotopic (exact) mass is 258 g/mol. The molecule has 0 aromatic rings. The summed E-state index contributed by atoms with van der Waals surface area (Å²) in [5.41, 5.74) is 3.85. The maximum atomic E-state index is 5.63. The van der Waals surface area contributed by atoms with Crippen molar-refractivity contribution in [2.75, 3.05) is 5.50 Å². The van der Waals surface area contributed by atoms with E-state index in [4.69, 9.17) is 11.6 Å². The zero-order chi connectivity index (χ0) is 6.62. The molecule has 8 heavy (non-hydrogen) atoms. The third kappa shape index (κ3) is 3.76. The van der Waals surface area contributed by atoms with Crippen LogP contribution in [0.2, 0.25) is 13.1 Å². The van der Waals surface area contributed by atoms with E-state index in [1.807, 2.05) is 0 Å². The Labute approximate surface area is 70.1 Å². The molecule has 0 saturated heterocycles. The maximum Gasteiger partial charge on any atom is 0.147 e. The van der Waals surface area contributed by atoms with E-state index in [0.717, 1.165) is 5.50 Å². The lowest BCUT2D eigenvalue weighted by atomic mass is 11.4. The molecule has 0 aliphatic rings. The molecule has 46 valence electrons. The summed E-state index contributed by atoms with van der Waals surface area (Å²) in [5.74, 6) is 0. The van der Waals surface area contributed by atoms with Crippen LogP contribution in [0.4, 0.5) is 0 Å². The lowest BCUT2D eigenvalue weighted by Gasteiger charge is -2.06. The molecule has 0 unspecified atom stereocenters. The van der Waals surface area contributed by atoms with Crippen LogP contribution in [0, 0.1) is 9.47 Å². The standard InChI is InChI=1S/C5H8ClISi/c1-8(2,5-6)4-3-7/h5H2,1-2H3. The summed E-state index contributed by atoms with van der Waals surface area (Å²) in [5, 5.41) is 0. The highest BCUT2D eigenvalue weighted by Gasteiger charge is 2.14. The van der Waals surface area contributed by atoms with Crippen molar-refractivity contribution < 1.29 is 0 Å². The van der Waals surface area contributed by atoms with Crippen molar-refractivity contribution in [3.63, 3.8) is 0 Å². The minimum atomic E-state index is -1.28. The Morgan fingerprint density at radius 3 is 2.25 bits per heavy atom. The smallest absolute Gasteiger partial charge is 0.129 e. The summed E-state index contributed by atoms with van der Waals surface area (Å²) >= 11 is 7.68. The van der Waals surface area contributed by atoms with Gasteiger partial charge in [0.05, 0.1) is 0 Å². The predicted octanol–water partition coefficient (Wildman–Crippen LogP) is 2.41. The Morgan fingerprint density at radius 1 is 1.62 bits per heavy atom. The summed E-state index contributed by atoms with van der Waals surface area (Å²) in [7, 11) is -1.28. The normalized spacial score (nSPS) is 10.0. The molecule has 0 bridgehead atoms. The zero-order valence-corrected chi connectivity index (χ0v) is 8.88. The Kier molecular flexibility index (Phi) is 4.13. The lowest BCUT2D eigenvalue weighted by Crippen LogP contribution is -2.25. The number of hydrogen-bond acceptors (Lipinski definition) is 0. The third-order valence-electron chi connectivity index (χ3n) is 0.720. The van der Waals surface area contributed by atoms with E-state index < -0.39 is 8.07 Å². The van der Waals surface area contributed by atoms with Gasteiger partial charge in [-0.2, -0.15) is 0 Å². The summed E-state index contributed by atoms with van der Waals surface area (Å²) in [4.78, 5) is 0. The van der Waals surface area contributed by atoms with Gasteiger partial charge in [0.1, 0.15) is 8.07 Å². The molecule has 0 aromatic carbocycles. The fraction of sp³-hybridized carbons (Fsp3) is 0.600. The Morgan fingerprint density at radius 2 is 2.12 bits per heavy atom. The van der Waals surface area contributed by atoms with Crippen molar-refractivity contribution >= 4 is 42.3 Å². The van der Waals surface area contributed by atoms with E-state index in [-0.39, 0.29) is 0 Å². The molecule has 0 atom stereocenters. The van der Waals surface area contributed by atoms with Crippen LogP contribution in [0.3, 0.4) is 0 Å². The van der Waals surface area contributed by atoms with E-state index in [0.29, 0.717) is 0 Å². The predicted molar refractivity (Wildman–Crippen MR) is 50.0 cm³/mol. The quantitative estimate of drug-likeness (QED) is 0.293. The molecular weight excluding hydrogens is 250 g/mol. The summed E-state index contributed by atoms with van der Waals surface area (Å²) in [6, 6.07) is 0. The van der Waals surface area contributed by atoms with Crippen molar-refractivity contribution in [3.05, 3.63) is 0 Å². The molecule has 0 rings (SSSR count). The van der Waals surface area contributed by atoms with Crippen molar-refractivity contribution in [2.45, 2.75) is 13.1 Å². The number of halogens is 2. The average molecular weight is 259 g/mol. The van der Waals surface area contributed by atoms with Crippen molar-refractivity contribution in [2.24, 2.45) is 0 Å². The first-order valence-corrected chi connectivity index (χ1v) is 7.13. The third-order valence-corrected chi connectivity index (χ3v) is 4.97. The molecule has 0 aliphatic heterocycles. The van der Waals surface area contributed by atoms with Crippen LogP contribution >= 0.6 is 34.2 Å². The van der Waals surface area contributed by atoms with Gasteiger partial charge in [0, 0.05) is 28.1 Å². The van der Waals surface area contributed by atoms with E-state index in [9.17, 15) is 0 Å². The first-order valence-electron chi connectivity index (χ1n) is 2.31. The molecule has 0 nitrogen and oxygen atoms in total. The van der Waals surface area contributed by atoms with E-state index >= 15 is 0 Å². The first kappa shape index (κ1) is 8.80. The molecule has 0 N–H and O–H groups in total. The van der Waals surface area contributed by atoms with E-state index in [1.165, 1.54) is 0 Å². The van der Waals surface area contributed by atoms with Crippen molar-refractivity contribution in [3.8, 4) is 9.47 Å². The second kappa shape index (κ2) is 3.75. The van der Waals surface area contributed by atoms with Gasteiger partial charge in [0.25, 0.3) is 0 Å². The summed E-state index contributed by atoms with van der Waals surface area (Å²) in [6.45, 7) is 4.32. The van der Waals surface area contributed by atoms with E-state index in [1.54, 1.807) is 0 Å². The molecular formula is C5H8ClISi. The van der Waals surface area contributed by atoms with Gasteiger partial charge in [-0.05, 0) is 3.93 Å². The molecule has 0 spiro atoms. The van der Waals surface area contributed by atoms with Gasteiger partial charge < -0.3 is 0 Å². The highest BCUT2D eigenvalue weighted by atomic mass is 127. The van der Waals surface area contributed by atoms with Gasteiger partial charge in [-0.1, -0.05) is 13.1 Å². The Balaban J connectivity index is 3.85. The number of hydrogen-bond donors (Lipinski definition) is 0. The summed E-state index contributed by atoms with van der Waals surface area (Å²) < 4.78 is 2.86. The molecule has 0 aliphatic carbocycles. The summed E-state index contributed by atoms with van der Waals surface area (Å²) in [6.07, 6.45) is 0. The fourth-order valence-electron chi connectivity index (χ4n) is 0.161. The molecule has 0 fully saturated rings. The highest BCUT2D eigenvalue weighted by molar-refractivity contribution is 14.1. The molecule has 0 radical (unpaired) electrons. The maximum absolute atomic E-state index is 5.63.